The average molecular weight is 190 g/mol. The van der Waals surface area contributed by atoms with Gasteiger partial charge in [0.15, 0.2) is 11.5 Å². The van der Waals surface area contributed by atoms with Gasteiger partial charge in [0.2, 0.25) is 0 Å². The third-order valence-electron chi connectivity index (χ3n) is 2.11. The maximum absolute atomic E-state index is 5.67. The predicted molar refractivity (Wildman–Crippen MR) is 55.0 cm³/mol. The second-order valence-electron chi connectivity index (χ2n) is 3.55. The van der Waals surface area contributed by atoms with Crippen LogP contribution in [-0.2, 0) is 6.42 Å². The summed E-state index contributed by atoms with van der Waals surface area (Å²) in [6.45, 7) is 2.00. The molecule has 0 saturated heterocycles. The highest BCUT2D eigenvalue weighted by Crippen LogP contribution is 2.03. The van der Waals surface area contributed by atoms with E-state index in [2.05, 4.69) is 10.1 Å². The molecule has 4 heteroatoms. The molecule has 0 aromatic carbocycles. The number of nitrogens with zero attached hydrogens (tertiary/aromatic N) is 3. The van der Waals surface area contributed by atoms with Crippen LogP contribution in [0.5, 0.6) is 0 Å². The first kappa shape index (κ1) is 9.15. The lowest BCUT2D eigenvalue weighted by molar-refractivity contribution is 0.647. The van der Waals surface area contributed by atoms with Crippen LogP contribution in [0.25, 0.3) is 5.65 Å². The zero-order valence-corrected chi connectivity index (χ0v) is 8.22. The summed E-state index contributed by atoms with van der Waals surface area (Å²) in [6.07, 6.45) is 3.67. The maximum atomic E-state index is 5.67. The number of fused-ring (bicyclic) bond motifs is 1. The fourth-order valence-electron chi connectivity index (χ4n) is 1.34. The average Bonchev–Trinajstić information content (AvgIpc) is 2.57. The van der Waals surface area contributed by atoms with E-state index in [0.29, 0.717) is 0 Å². The highest BCUT2D eigenvalue weighted by molar-refractivity contribution is 5.36. The number of pyridine rings is 1. The van der Waals surface area contributed by atoms with E-state index in [1.165, 1.54) is 0 Å². The van der Waals surface area contributed by atoms with Crippen molar-refractivity contribution in [2.45, 2.75) is 25.8 Å². The van der Waals surface area contributed by atoms with E-state index in [9.17, 15) is 0 Å². The van der Waals surface area contributed by atoms with Gasteiger partial charge in [0.25, 0.3) is 0 Å². The molecule has 0 aliphatic carbocycles. The highest BCUT2D eigenvalue weighted by atomic mass is 15.3. The SMILES string of the molecule is CC(N)CCc1nc2ccccn2n1. The Kier molecular flexibility index (Phi) is 2.45. The first-order chi connectivity index (χ1) is 6.75. The molecule has 0 spiro atoms. The zero-order chi connectivity index (χ0) is 9.97. The minimum Gasteiger partial charge on any atom is -0.328 e. The van der Waals surface area contributed by atoms with Gasteiger partial charge in [0.05, 0.1) is 0 Å². The molecule has 1 atom stereocenters. The van der Waals surface area contributed by atoms with Crippen LogP contribution in [0.3, 0.4) is 0 Å². The maximum Gasteiger partial charge on any atom is 0.155 e. The van der Waals surface area contributed by atoms with Gasteiger partial charge in [-0.3, -0.25) is 0 Å². The number of nitrogens with two attached hydrogens (primary N) is 1. The largest absolute Gasteiger partial charge is 0.328 e. The summed E-state index contributed by atoms with van der Waals surface area (Å²) >= 11 is 0. The fraction of sp³-hybridized carbons (Fsp3) is 0.400. The van der Waals surface area contributed by atoms with Gasteiger partial charge in [-0.05, 0) is 25.5 Å². The molecule has 14 heavy (non-hydrogen) atoms. The van der Waals surface area contributed by atoms with Crippen molar-refractivity contribution in [3.8, 4) is 0 Å². The normalized spacial score (nSPS) is 13.3. The van der Waals surface area contributed by atoms with Gasteiger partial charge in [-0.1, -0.05) is 6.07 Å². The van der Waals surface area contributed by atoms with Crippen molar-refractivity contribution in [1.29, 1.82) is 0 Å². The summed E-state index contributed by atoms with van der Waals surface area (Å²) in [7, 11) is 0. The minimum absolute atomic E-state index is 0.210. The van der Waals surface area contributed by atoms with Crippen LogP contribution < -0.4 is 5.73 Å². The van der Waals surface area contributed by atoms with Gasteiger partial charge in [0.1, 0.15) is 0 Å². The molecule has 0 radical (unpaired) electrons. The number of aryl methyl sites for hydroxylation is 1. The fourth-order valence-corrected chi connectivity index (χ4v) is 1.34. The summed E-state index contributed by atoms with van der Waals surface area (Å²) in [5.41, 5.74) is 6.57. The summed E-state index contributed by atoms with van der Waals surface area (Å²) < 4.78 is 1.79. The molecule has 0 aliphatic rings. The van der Waals surface area contributed by atoms with Crippen molar-refractivity contribution in [3.63, 3.8) is 0 Å². The van der Waals surface area contributed by atoms with Crippen LogP contribution in [0.1, 0.15) is 19.2 Å². The second-order valence-corrected chi connectivity index (χ2v) is 3.55. The molecular formula is C10H14N4. The monoisotopic (exact) mass is 190 g/mol. The van der Waals surface area contributed by atoms with E-state index in [1.54, 1.807) is 4.52 Å². The minimum atomic E-state index is 0.210. The molecule has 0 aliphatic heterocycles. The number of hydrogen-bond donors (Lipinski definition) is 1. The lowest BCUT2D eigenvalue weighted by atomic mass is 10.2. The summed E-state index contributed by atoms with van der Waals surface area (Å²) in [4.78, 5) is 4.38. The summed E-state index contributed by atoms with van der Waals surface area (Å²) in [6, 6.07) is 6.06. The van der Waals surface area contributed by atoms with E-state index in [-0.39, 0.29) is 6.04 Å². The lowest BCUT2D eigenvalue weighted by Crippen LogP contribution is -2.15. The molecular weight excluding hydrogens is 176 g/mol. The molecule has 74 valence electrons. The van der Waals surface area contributed by atoms with Gasteiger partial charge in [0, 0.05) is 18.7 Å². The topological polar surface area (TPSA) is 56.2 Å². The van der Waals surface area contributed by atoms with E-state index in [4.69, 9.17) is 5.73 Å². The van der Waals surface area contributed by atoms with Crippen molar-refractivity contribution >= 4 is 5.65 Å². The van der Waals surface area contributed by atoms with Crippen LogP contribution in [-0.4, -0.2) is 20.6 Å². The highest BCUT2D eigenvalue weighted by Gasteiger charge is 2.03. The van der Waals surface area contributed by atoms with Gasteiger partial charge in [-0.2, -0.15) is 5.10 Å². The number of rotatable bonds is 3. The Morgan fingerprint density at radius 1 is 1.50 bits per heavy atom. The van der Waals surface area contributed by atoms with Gasteiger partial charge in [-0.25, -0.2) is 9.50 Å². The molecule has 2 heterocycles. The quantitative estimate of drug-likeness (QED) is 0.785. The molecule has 0 bridgehead atoms. The molecule has 0 amide bonds. The standard InChI is InChI=1S/C10H14N4/c1-8(11)5-6-9-12-10-4-2-3-7-14(10)13-9/h2-4,7-8H,5-6,11H2,1H3. The van der Waals surface area contributed by atoms with E-state index >= 15 is 0 Å². The Morgan fingerprint density at radius 3 is 3.07 bits per heavy atom. The van der Waals surface area contributed by atoms with Crippen LogP contribution in [0.4, 0.5) is 0 Å². The second kappa shape index (κ2) is 3.75. The number of hydrogen-bond acceptors (Lipinski definition) is 3. The molecule has 2 aromatic rings. The van der Waals surface area contributed by atoms with E-state index in [1.807, 2.05) is 31.3 Å². The van der Waals surface area contributed by atoms with E-state index < -0.39 is 0 Å². The zero-order valence-electron chi connectivity index (χ0n) is 8.22. The van der Waals surface area contributed by atoms with Gasteiger partial charge < -0.3 is 5.73 Å². The Hall–Kier alpha value is -1.42. The lowest BCUT2D eigenvalue weighted by Gasteiger charge is -1.99. The van der Waals surface area contributed by atoms with Gasteiger partial charge in [-0.15, -0.1) is 0 Å². The first-order valence-electron chi connectivity index (χ1n) is 4.81. The summed E-state index contributed by atoms with van der Waals surface area (Å²) in [5, 5.41) is 4.33. The smallest absolute Gasteiger partial charge is 0.155 e. The Bertz CT molecular complexity index is 386. The Balaban J connectivity index is 2.19. The van der Waals surface area contributed by atoms with Crippen molar-refractivity contribution in [2.24, 2.45) is 5.73 Å². The molecule has 0 saturated carbocycles. The predicted octanol–water partition coefficient (Wildman–Crippen LogP) is 1.01. The van der Waals surface area contributed by atoms with Crippen LogP contribution in [0.2, 0.25) is 0 Å². The molecule has 0 fully saturated rings. The van der Waals surface area contributed by atoms with Crippen molar-refractivity contribution in [2.75, 3.05) is 0 Å². The van der Waals surface area contributed by atoms with E-state index in [0.717, 1.165) is 24.3 Å². The molecule has 2 rings (SSSR count). The van der Waals surface area contributed by atoms with Crippen LogP contribution >= 0.6 is 0 Å². The Morgan fingerprint density at radius 2 is 2.36 bits per heavy atom. The van der Waals surface area contributed by atoms with Crippen molar-refractivity contribution in [1.82, 2.24) is 14.6 Å². The third kappa shape index (κ3) is 1.90. The molecule has 1 unspecified atom stereocenters. The van der Waals surface area contributed by atoms with Gasteiger partial charge >= 0.3 is 0 Å². The van der Waals surface area contributed by atoms with Crippen molar-refractivity contribution < 1.29 is 0 Å². The Labute approximate surface area is 82.8 Å². The van der Waals surface area contributed by atoms with Crippen molar-refractivity contribution in [3.05, 3.63) is 30.2 Å². The third-order valence-corrected chi connectivity index (χ3v) is 2.11. The number of aromatic nitrogens is 3. The molecule has 2 N–H and O–H groups in total. The first-order valence-corrected chi connectivity index (χ1v) is 4.81. The van der Waals surface area contributed by atoms with Crippen LogP contribution in [0, 0.1) is 0 Å². The molecule has 2 aromatic heterocycles. The summed E-state index contributed by atoms with van der Waals surface area (Å²) in [5.74, 6) is 0.869. The van der Waals surface area contributed by atoms with Crippen LogP contribution in [0.15, 0.2) is 24.4 Å². The molecule has 4 nitrogen and oxygen atoms in total.